The number of aliphatic imine (C=N–C) groups is 1. The van der Waals surface area contributed by atoms with Crippen molar-refractivity contribution in [1.82, 2.24) is 19.9 Å². The number of fused-ring (bicyclic) bond motifs is 2. The topological polar surface area (TPSA) is 107 Å². The van der Waals surface area contributed by atoms with Crippen LogP contribution in [0.3, 0.4) is 0 Å². The second-order valence-electron chi connectivity index (χ2n) is 9.49. The van der Waals surface area contributed by atoms with Crippen LogP contribution < -0.4 is 10.5 Å². The largest absolute Gasteiger partial charge is 0.463 e. The average molecular weight is 523 g/mol. The number of amides is 1. The van der Waals surface area contributed by atoms with Crippen molar-refractivity contribution < 1.29 is 18.3 Å². The molecule has 2 aliphatic rings. The van der Waals surface area contributed by atoms with Gasteiger partial charge in [-0.05, 0) is 37.1 Å². The Balaban J connectivity index is 1.53. The zero-order valence-corrected chi connectivity index (χ0v) is 21.3. The minimum absolute atomic E-state index is 0.0560. The van der Waals surface area contributed by atoms with Crippen LogP contribution in [0.25, 0.3) is 11.0 Å². The van der Waals surface area contributed by atoms with Gasteiger partial charge in [0.2, 0.25) is 11.8 Å². The minimum atomic E-state index is -1.21. The fourth-order valence-corrected chi connectivity index (χ4v) is 6.54. The molecule has 3 aromatic rings. The van der Waals surface area contributed by atoms with Crippen molar-refractivity contribution in [3.8, 4) is 18.2 Å². The quantitative estimate of drug-likeness (QED) is 0.496. The molecule has 1 amide bonds. The number of aromatic nitrogens is 3. The normalized spacial score (nSPS) is 24.1. The van der Waals surface area contributed by atoms with Crippen LogP contribution in [0.5, 0.6) is 5.88 Å². The van der Waals surface area contributed by atoms with Gasteiger partial charge in [-0.3, -0.25) is 14.8 Å². The summed E-state index contributed by atoms with van der Waals surface area (Å²) in [5.41, 5.74) is 7.00. The molecule has 1 aliphatic heterocycles. The molecule has 2 aromatic heterocycles. The summed E-state index contributed by atoms with van der Waals surface area (Å²) >= 11 is 1.19. The van der Waals surface area contributed by atoms with Crippen molar-refractivity contribution in [2.45, 2.75) is 30.1 Å². The molecule has 0 bridgehead atoms. The van der Waals surface area contributed by atoms with Gasteiger partial charge in [0.15, 0.2) is 23.4 Å². The molecule has 190 valence electrons. The SMILES string of the molecule is C#CCOc1cnc2c(Cc3cc(F)c(F)c([C@@]4(C)N=C(N)S[C@@]5(C(=O)N(C)C)C[C@H]54)c3)nccc2n1. The highest BCUT2D eigenvalue weighted by atomic mass is 32.2. The third-order valence-corrected chi connectivity index (χ3v) is 8.10. The number of nitrogens with two attached hydrogens (primary N) is 1. The van der Waals surface area contributed by atoms with Crippen LogP contribution in [-0.4, -0.2) is 56.4 Å². The lowest BCUT2D eigenvalue weighted by Gasteiger charge is -2.34. The lowest BCUT2D eigenvalue weighted by atomic mass is 9.84. The number of thioether (sulfide) groups is 1. The molecule has 2 N–H and O–H groups in total. The van der Waals surface area contributed by atoms with Crippen LogP contribution >= 0.6 is 11.8 Å². The van der Waals surface area contributed by atoms with E-state index in [-0.39, 0.29) is 41.5 Å². The number of hydrogen-bond acceptors (Lipinski definition) is 8. The van der Waals surface area contributed by atoms with Crippen molar-refractivity contribution in [1.29, 1.82) is 0 Å². The minimum Gasteiger partial charge on any atom is -0.463 e. The first-order chi connectivity index (χ1) is 17.6. The van der Waals surface area contributed by atoms with Gasteiger partial charge < -0.3 is 15.4 Å². The molecule has 0 radical (unpaired) electrons. The van der Waals surface area contributed by atoms with Crippen LogP contribution in [0.15, 0.2) is 35.6 Å². The van der Waals surface area contributed by atoms with Crippen molar-refractivity contribution in [2.24, 2.45) is 16.6 Å². The summed E-state index contributed by atoms with van der Waals surface area (Å²) in [6.07, 6.45) is 8.86. The summed E-state index contributed by atoms with van der Waals surface area (Å²) < 4.78 is 34.8. The number of nitrogens with zero attached hydrogens (tertiary/aromatic N) is 5. The van der Waals surface area contributed by atoms with E-state index in [2.05, 4.69) is 25.9 Å². The maximum absolute atomic E-state index is 15.3. The number of halogens is 2. The van der Waals surface area contributed by atoms with Crippen molar-refractivity contribution in [2.75, 3.05) is 20.7 Å². The maximum atomic E-state index is 15.3. The highest BCUT2D eigenvalue weighted by molar-refractivity contribution is 8.15. The van der Waals surface area contributed by atoms with Gasteiger partial charge in [0, 0.05) is 38.2 Å². The Morgan fingerprint density at radius 3 is 2.86 bits per heavy atom. The summed E-state index contributed by atoms with van der Waals surface area (Å²) in [5.74, 6) is 0.173. The number of terminal acetylenes is 1. The van der Waals surface area contributed by atoms with E-state index < -0.39 is 21.9 Å². The summed E-state index contributed by atoms with van der Waals surface area (Å²) in [6, 6.07) is 4.39. The van der Waals surface area contributed by atoms with Gasteiger partial charge in [0.1, 0.15) is 10.3 Å². The Labute approximate surface area is 216 Å². The van der Waals surface area contributed by atoms with E-state index in [9.17, 15) is 9.18 Å². The van der Waals surface area contributed by atoms with E-state index in [0.717, 1.165) is 6.07 Å². The highest BCUT2D eigenvalue weighted by Crippen LogP contribution is 2.66. The van der Waals surface area contributed by atoms with E-state index in [1.54, 1.807) is 39.3 Å². The Kier molecular flexibility index (Phi) is 6.02. The molecule has 0 spiro atoms. The predicted molar refractivity (Wildman–Crippen MR) is 137 cm³/mol. The van der Waals surface area contributed by atoms with Crippen LogP contribution in [0.2, 0.25) is 0 Å². The molecule has 1 aromatic carbocycles. The van der Waals surface area contributed by atoms with Crippen LogP contribution in [0, 0.1) is 29.9 Å². The maximum Gasteiger partial charge on any atom is 0.239 e. The molecule has 11 heteroatoms. The third kappa shape index (κ3) is 4.15. The number of ether oxygens (including phenoxy) is 1. The number of pyridine rings is 1. The smallest absolute Gasteiger partial charge is 0.239 e. The molecule has 1 saturated carbocycles. The molecular weight excluding hydrogens is 498 g/mol. The zero-order chi connectivity index (χ0) is 26.5. The first kappa shape index (κ1) is 24.9. The summed E-state index contributed by atoms with van der Waals surface area (Å²) in [7, 11) is 3.33. The standard InChI is InChI=1S/C26H24F2N6O2S/c1-5-8-36-20-13-31-22-17(32-20)6-7-30-18(22)11-14-9-15(21(28)16(27)10-14)25(2)19-12-26(19,23(35)34(3)4)37-24(29)33-25/h1,6-7,9-10,13,19H,8,11-12H2,2-4H3,(H2,29,33)/t19-,25+,26-/m0/s1. The Morgan fingerprint density at radius 2 is 2.14 bits per heavy atom. The molecule has 0 unspecified atom stereocenters. The molecule has 3 heterocycles. The Hall–Kier alpha value is -3.78. The summed E-state index contributed by atoms with van der Waals surface area (Å²) in [6.45, 7) is 1.76. The van der Waals surface area contributed by atoms with Gasteiger partial charge in [-0.25, -0.2) is 18.7 Å². The Bertz CT molecular complexity index is 1510. The molecule has 0 saturated heterocycles. The van der Waals surface area contributed by atoms with Gasteiger partial charge >= 0.3 is 0 Å². The fourth-order valence-electron chi connectivity index (χ4n) is 5.04. The predicted octanol–water partition coefficient (Wildman–Crippen LogP) is 3.03. The highest BCUT2D eigenvalue weighted by Gasteiger charge is 2.71. The van der Waals surface area contributed by atoms with Crippen LogP contribution in [0.1, 0.15) is 30.2 Å². The van der Waals surface area contributed by atoms with E-state index >= 15 is 4.39 Å². The fraction of sp³-hybridized carbons (Fsp3) is 0.346. The molecule has 1 fully saturated rings. The van der Waals surface area contributed by atoms with E-state index in [1.807, 2.05) is 0 Å². The van der Waals surface area contributed by atoms with E-state index in [4.69, 9.17) is 16.9 Å². The molecule has 5 rings (SSSR count). The Morgan fingerprint density at radius 1 is 1.35 bits per heavy atom. The van der Waals surface area contributed by atoms with Gasteiger partial charge in [-0.2, -0.15) is 0 Å². The van der Waals surface area contributed by atoms with Crippen molar-refractivity contribution in [3.05, 3.63) is 59.0 Å². The monoisotopic (exact) mass is 522 g/mol. The lowest BCUT2D eigenvalue weighted by Crippen LogP contribution is -2.43. The van der Waals surface area contributed by atoms with Crippen LogP contribution in [-0.2, 0) is 16.8 Å². The molecule has 1 aliphatic carbocycles. The molecular formula is C26H24F2N6O2S. The van der Waals surface area contributed by atoms with Crippen molar-refractivity contribution in [3.63, 3.8) is 0 Å². The first-order valence-electron chi connectivity index (χ1n) is 11.5. The van der Waals surface area contributed by atoms with Gasteiger partial charge in [-0.1, -0.05) is 17.7 Å². The van der Waals surface area contributed by atoms with Gasteiger partial charge in [0.05, 0.1) is 22.9 Å². The molecule has 37 heavy (non-hydrogen) atoms. The third-order valence-electron chi connectivity index (χ3n) is 6.81. The number of amidine groups is 1. The number of carbonyl (C=O) groups excluding carboxylic acids is 1. The lowest BCUT2D eigenvalue weighted by molar-refractivity contribution is -0.129. The van der Waals surface area contributed by atoms with Gasteiger partial charge in [0.25, 0.3) is 0 Å². The van der Waals surface area contributed by atoms with E-state index in [0.29, 0.717) is 28.7 Å². The molecule has 3 atom stereocenters. The van der Waals surface area contributed by atoms with Crippen molar-refractivity contribution >= 4 is 33.9 Å². The molecule has 8 nitrogen and oxygen atoms in total. The number of rotatable bonds is 6. The summed E-state index contributed by atoms with van der Waals surface area (Å²) in [4.78, 5) is 32.2. The number of hydrogen-bond donors (Lipinski definition) is 1. The summed E-state index contributed by atoms with van der Waals surface area (Å²) in [5, 5.41) is 0.172. The second-order valence-corrected chi connectivity index (χ2v) is 10.8. The van der Waals surface area contributed by atoms with Gasteiger partial charge in [-0.15, -0.1) is 6.42 Å². The van der Waals surface area contributed by atoms with E-state index in [1.165, 1.54) is 22.9 Å². The average Bonchev–Trinajstić information content (AvgIpc) is 3.60. The number of carbonyl (C=O) groups is 1. The van der Waals surface area contributed by atoms with Crippen LogP contribution in [0.4, 0.5) is 8.78 Å². The number of benzene rings is 1. The first-order valence-corrected chi connectivity index (χ1v) is 12.3. The second kappa shape index (κ2) is 8.95. The zero-order valence-electron chi connectivity index (χ0n) is 20.5.